The Kier molecular flexibility index (Phi) is 26.9. The molecule has 1 nitrogen and oxygen atoms in total. The summed E-state index contributed by atoms with van der Waals surface area (Å²) in [4.78, 5) is 0. The molecule has 0 fully saturated rings. The topological polar surface area (TPSA) is 12.0 Å². The van der Waals surface area contributed by atoms with Crippen molar-refractivity contribution in [2.45, 2.75) is 154 Å². The van der Waals surface area contributed by atoms with Crippen molar-refractivity contribution >= 4 is 5.57 Å². The summed E-state index contributed by atoms with van der Waals surface area (Å²) >= 11 is 0. The Hall–Kier alpha value is -3.14. The number of alkyl halides is 1. The highest BCUT2D eigenvalue weighted by atomic mass is 19.1. The Morgan fingerprint density at radius 3 is 1.92 bits per heavy atom. The second kappa shape index (κ2) is 27.5. The second-order valence-electron chi connectivity index (χ2n) is 15.9. The van der Waals surface area contributed by atoms with Gasteiger partial charge in [0.15, 0.2) is 0 Å². The molecular weight excluding hydrogens is 629 g/mol. The number of aryl methyl sites for hydroxylation is 2. The maximum absolute atomic E-state index is 15.1. The maximum Gasteiger partial charge on any atom is 0.128 e. The molecule has 0 radical (unpaired) electrons. The molecule has 286 valence electrons. The third-order valence-electron chi connectivity index (χ3n) is 8.81. The van der Waals surface area contributed by atoms with Gasteiger partial charge in [0.1, 0.15) is 5.82 Å². The fraction of sp³-hybridized carbons (Fsp3) is 0.583. The van der Waals surface area contributed by atoms with Gasteiger partial charge in [0.25, 0.3) is 0 Å². The maximum atomic E-state index is 15.1. The summed E-state index contributed by atoms with van der Waals surface area (Å²) in [6.45, 7) is 33.3. The summed E-state index contributed by atoms with van der Waals surface area (Å²) in [6.07, 6.45) is 23.5. The van der Waals surface area contributed by atoms with E-state index in [1.807, 2.05) is 31.2 Å². The minimum Gasteiger partial charge on any atom is -0.316 e. The number of benzene rings is 2. The zero-order valence-electron chi connectivity index (χ0n) is 35.1. The van der Waals surface area contributed by atoms with Crippen LogP contribution in [0.2, 0.25) is 0 Å². The van der Waals surface area contributed by atoms with E-state index in [0.717, 1.165) is 66.6 Å². The van der Waals surface area contributed by atoms with Crippen LogP contribution in [0.5, 0.6) is 0 Å². The molecule has 2 aromatic carbocycles. The molecule has 0 heterocycles. The quantitative estimate of drug-likeness (QED) is 0.117. The molecule has 2 rings (SSSR count). The summed E-state index contributed by atoms with van der Waals surface area (Å²) in [6, 6.07) is 9.40. The summed E-state index contributed by atoms with van der Waals surface area (Å²) in [5.74, 6) is 5.03. The van der Waals surface area contributed by atoms with E-state index in [4.69, 9.17) is 12.8 Å². The first-order chi connectivity index (χ1) is 23.9. The number of nitrogens with one attached hydrogen (secondary N) is 1. The largest absolute Gasteiger partial charge is 0.316 e. The minimum atomic E-state index is -0.253. The van der Waals surface area contributed by atoms with E-state index in [0.29, 0.717) is 16.5 Å². The molecule has 0 aliphatic carbocycles. The van der Waals surface area contributed by atoms with Crippen LogP contribution in [0.3, 0.4) is 0 Å². The number of halogens is 2. The van der Waals surface area contributed by atoms with Gasteiger partial charge in [-0.15, -0.1) is 19.4 Å². The van der Waals surface area contributed by atoms with Crippen molar-refractivity contribution in [3.63, 3.8) is 0 Å². The van der Waals surface area contributed by atoms with Gasteiger partial charge >= 0.3 is 0 Å². The van der Waals surface area contributed by atoms with E-state index in [-0.39, 0.29) is 23.8 Å². The molecule has 3 heteroatoms. The first-order valence-corrected chi connectivity index (χ1v) is 19.3. The third kappa shape index (κ3) is 22.4. The van der Waals surface area contributed by atoms with Crippen molar-refractivity contribution in [2.75, 3.05) is 19.8 Å². The van der Waals surface area contributed by atoms with E-state index < -0.39 is 0 Å². The molecule has 0 spiro atoms. The van der Waals surface area contributed by atoms with Crippen LogP contribution in [-0.4, -0.2) is 19.8 Å². The normalized spacial score (nSPS) is 11.9. The van der Waals surface area contributed by atoms with Gasteiger partial charge in [-0.2, -0.15) is 0 Å². The highest BCUT2D eigenvalue weighted by Crippen LogP contribution is 2.37. The van der Waals surface area contributed by atoms with Gasteiger partial charge in [0.05, 0.1) is 6.67 Å². The van der Waals surface area contributed by atoms with Gasteiger partial charge in [-0.25, -0.2) is 4.39 Å². The number of rotatable bonds is 14. The molecule has 0 aromatic heterocycles. The predicted octanol–water partition coefficient (Wildman–Crippen LogP) is 14.3. The van der Waals surface area contributed by atoms with Gasteiger partial charge in [0.2, 0.25) is 0 Å². The van der Waals surface area contributed by atoms with Gasteiger partial charge in [-0.05, 0) is 110 Å². The lowest BCUT2D eigenvalue weighted by molar-refractivity contribution is 0.382. The van der Waals surface area contributed by atoms with Gasteiger partial charge in [0, 0.05) is 23.6 Å². The average Bonchev–Trinajstić information content (AvgIpc) is 3.07. The van der Waals surface area contributed by atoms with Crippen LogP contribution in [0.15, 0.2) is 48.6 Å². The zero-order valence-corrected chi connectivity index (χ0v) is 35.1. The molecule has 0 saturated heterocycles. The monoisotopic (exact) mass is 704 g/mol. The Labute approximate surface area is 315 Å². The Morgan fingerprint density at radius 1 is 0.902 bits per heavy atom. The van der Waals surface area contributed by atoms with Crippen LogP contribution in [0.25, 0.3) is 5.57 Å². The van der Waals surface area contributed by atoms with Gasteiger partial charge < -0.3 is 5.32 Å². The molecule has 0 amide bonds. The van der Waals surface area contributed by atoms with Gasteiger partial charge in [-0.1, -0.05) is 137 Å². The molecule has 1 unspecified atom stereocenters. The summed E-state index contributed by atoms with van der Waals surface area (Å²) < 4.78 is 26.3. The van der Waals surface area contributed by atoms with Crippen molar-refractivity contribution in [3.05, 3.63) is 87.8 Å². The first-order valence-electron chi connectivity index (χ1n) is 19.3. The minimum absolute atomic E-state index is 0.107. The third-order valence-corrected chi connectivity index (χ3v) is 8.81. The fourth-order valence-corrected chi connectivity index (χ4v) is 5.13. The zero-order chi connectivity index (χ0) is 39.6. The van der Waals surface area contributed by atoms with Crippen LogP contribution in [-0.2, 0) is 0 Å². The standard InChI is InChI=1S/C30H36FN.C7H14.C6H14.C5H11F/c1-10-24-17-21(4)28(27(31)18-24)23(6)22(5)26(15-16-32-19-30(7,8)9)29-20(3)13-12-14-25(29)11-2;1-3-5-7-6-4-2;1-5-6(2,3)4;1-2-3-4-5-6/h1-2,12-14,17-18,23,32H,15-16,19H2,3-9H3;3H,1,4-7H2,2H3;5H2,1-4H3;2-5H2,1H3/b26-22+;;;. The van der Waals surface area contributed by atoms with Crippen molar-refractivity contribution in [1.82, 2.24) is 5.32 Å². The summed E-state index contributed by atoms with van der Waals surface area (Å²) in [5.41, 5.74) is 8.30. The Balaban J connectivity index is 0. The van der Waals surface area contributed by atoms with E-state index in [2.05, 4.69) is 113 Å². The van der Waals surface area contributed by atoms with Crippen LogP contribution in [0.1, 0.15) is 173 Å². The van der Waals surface area contributed by atoms with Crippen molar-refractivity contribution in [2.24, 2.45) is 10.8 Å². The number of allylic oxidation sites excluding steroid dienone is 2. The van der Waals surface area contributed by atoms with E-state index in [1.54, 1.807) is 0 Å². The average molecular weight is 704 g/mol. The molecule has 1 atom stereocenters. The van der Waals surface area contributed by atoms with Crippen LogP contribution in [0.4, 0.5) is 8.78 Å². The molecule has 0 aliphatic rings. The molecule has 0 aliphatic heterocycles. The van der Waals surface area contributed by atoms with E-state index in [1.165, 1.54) is 43.7 Å². The Bertz CT molecular complexity index is 1340. The number of terminal acetylenes is 2. The van der Waals surface area contributed by atoms with Crippen LogP contribution < -0.4 is 5.32 Å². The highest BCUT2D eigenvalue weighted by molar-refractivity contribution is 5.76. The lowest BCUT2D eigenvalue weighted by atomic mass is 9.82. The van der Waals surface area contributed by atoms with Crippen LogP contribution in [0, 0.1) is 55.2 Å². The number of hydrogen-bond donors (Lipinski definition) is 1. The van der Waals surface area contributed by atoms with E-state index >= 15 is 4.39 Å². The second-order valence-corrected chi connectivity index (χ2v) is 15.9. The van der Waals surface area contributed by atoms with Gasteiger partial charge in [-0.3, -0.25) is 4.39 Å². The predicted molar refractivity (Wildman–Crippen MR) is 226 cm³/mol. The smallest absolute Gasteiger partial charge is 0.128 e. The molecule has 51 heavy (non-hydrogen) atoms. The summed E-state index contributed by atoms with van der Waals surface area (Å²) in [5, 5.41) is 3.57. The Morgan fingerprint density at radius 2 is 1.49 bits per heavy atom. The lowest BCUT2D eigenvalue weighted by Crippen LogP contribution is -2.28. The fourth-order valence-electron chi connectivity index (χ4n) is 5.13. The van der Waals surface area contributed by atoms with Crippen molar-refractivity contribution in [1.29, 1.82) is 0 Å². The number of unbranched alkanes of at least 4 members (excludes halogenated alkanes) is 5. The molecule has 1 N–H and O–H groups in total. The number of hydrogen-bond acceptors (Lipinski definition) is 1. The summed E-state index contributed by atoms with van der Waals surface area (Å²) in [7, 11) is 0. The SMILES string of the molecule is C#Cc1cc(C)c(C(C)/C(C)=C(\CCNCC(C)(C)C)c2c(C)cccc2C#C)c(F)c1.C=CCCCCC.CCC(C)(C)C.CCCCCF. The van der Waals surface area contributed by atoms with Crippen LogP contribution >= 0.6 is 0 Å². The molecular formula is C48H75F2N. The first kappa shape index (κ1) is 50.0. The molecule has 2 aromatic rings. The van der Waals surface area contributed by atoms with Crippen molar-refractivity contribution in [3.8, 4) is 24.7 Å². The highest BCUT2D eigenvalue weighted by Gasteiger charge is 2.22. The lowest BCUT2D eigenvalue weighted by Gasteiger charge is -2.24. The van der Waals surface area contributed by atoms with Crippen molar-refractivity contribution < 1.29 is 8.78 Å². The van der Waals surface area contributed by atoms with E-state index in [9.17, 15) is 4.39 Å². The molecule has 0 saturated carbocycles. The molecule has 0 bridgehead atoms.